The fraction of sp³-hybridized carbons (Fsp3) is 0.242. The van der Waals surface area contributed by atoms with Crippen LogP contribution in [0.5, 0.6) is 11.5 Å². The first-order chi connectivity index (χ1) is 18.9. The van der Waals surface area contributed by atoms with Crippen LogP contribution >= 0.6 is 0 Å². The van der Waals surface area contributed by atoms with Crippen LogP contribution in [0.4, 0.5) is 4.79 Å². The molecule has 3 aromatic carbocycles. The highest BCUT2D eigenvalue weighted by Crippen LogP contribution is 2.27. The molecule has 0 saturated carbocycles. The van der Waals surface area contributed by atoms with E-state index in [-0.39, 0.29) is 12.2 Å². The minimum atomic E-state index is -0.761. The Balaban J connectivity index is 1.51. The molecule has 39 heavy (non-hydrogen) atoms. The first kappa shape index (κ1) is 29.3. The van der Waals surface area contributed by atoms with Gasteiger partial charge in [0.1, 0.15) is 17.6 Å². The summed E-state index contributed by atoms with van der Waals surface area (Å²) in [4.78, 5) is 12.5. The first-order valence-electron chi connectivity index (χ1n) is 13.0. The molecule has 204 valence electrons. The first-order valence-corrected chi connectivity index (χ1v) is 13.0. The lowest BCUT2D eigenvalue weighted by Gasteiger charge is -2.21. The number of allylic oxidation sites excluding steroid dienone is 2. The second-order valence-electron chi connectivity index (χ2n) is 9.11. The zero-order chi connectivity index (χ0) is 28.0. The number of hydrogen-bond acceptors (Lipinski definition) is 6. The molecule has 0 saturated heterocycles. The minimum absolute atomic E-state index is 0.0488. The number of carbonyl (C=O) groups is 1. The summed E-state index contributed by atoms with van der Waals surface area (Å²) in [6.45, 7) is 8.36. The van der Waals surface area contributed by atoms with Crippen molar-refractivity contribution < 1.29 is 28.8 Å². The van der Waals surface area contributed by atoms with Crippen molar-refractivity contribution in [1.82, 2.24) is 0 Å². The van der Waals surface area contributed by atoms with Gasteiger partial charge in [-0.1, -0.05) is 86.7 Å². The van der Waals surface area contributed by atoms with Crippen LogP contribution in [0.2, 0.25) is 0 Å². The van der Waals surface area contributed by atoms with Gasteiger partial charge in [-0.15, -0.1) is 0 Å². The molecule has 0 spiro atoms. The maximum absolute atomic E-state index is 12.5. The molecule has 0 aliphatic carbocycles. The minimum Gasteiger partial charge on any atom is -0.516 e. The van der Waals surface area contributed by atoms with Gasteiger partial charge >= 0.3 is 6.16 Å². The molecule has 6 heteroatoms. The Morgan fingerprint density at radius 1 is 0.769 bits per heavy atom. The highest BCUT2D eigenvalue weighted by molar-refractivity contribution is 5.65. The van der Waals surface area contributed by atoms with Crippen molar-refractivity contribution in [3.8, 4) is 11.5 Å². The van der Waals surface area contributed by atoms with Crippen molar-refractivity contribution in [2.24, 2.45) is 5.92 Å². The fourth-order valence-electron chi connectivity index (χ4n) is 3.79. The molecule has 3 rings (SSSR count). The molecule has 3 aromatic rings. The molecule has 6 nitrogen and oxygen atoms in total. The Morgan fingerprint density at radius 2 is 1.28 bits per heavy atom. The van der Waals surface area contributed by atoms with Crippen LogP contribution in [0.25, 0.3) is 18.2 Å². The summed E-state index contributed by atoms with van der Waals surface area (Å²) in [5.74, 6) is 1.22. The third-order valence-electron chi connectivity index (χ3n) is 5.71. The second kappa shape index (κ2) is 15.2. The van der Waals surface area contributed by atoms with E-state index in [1.807, 2.05) is 113 Å². The van der Waals surface area contributed by atoms with E-state index in [0.29, 0.717) is 12.4 Å². The molecule has 0 aliphatic heterocycles. The van der Waals surface area contributed by atoms with Gasteiger partial charge in [0.25, 0.3) is 0 Å². The lowest BCUT2D eigenvalue weighted by molar-refractivity contribution is -0.0613. The van der Waals surface area contributed by atoms with Gasteiger partial charge in [0.15, 0.2) is 6.29 Å². The normalized spacial score (nSPS) is 13.3. The number of aliphatic hydroxyl groups excluding tert-OH is 1. The molecule has 2 atom stereocenters. The van der Waals surface area contributed by atoms with Gasteiger partial charge in [-0.25, -0.2) is 4.79 Å². The summed E-state index contributed by atoms with van der Waals surface area (Å²) >= 11 is 0. The van der Waals surface area contributed by atoms with Crippen LogP contribution in [0.3, 0.4) is 0 Å². The molecular formula is C33H36O6. The molecule has 0 amide bonds. The van der Waals surface area contributed by atoms with Crippen molar-refractivity contribution in [2.45, 2.75) is 40.1 Å². The van der Waals surface area contributed by atoms with Crippen LogP contribution in [0.1, 0.15) is 56.1 Å². The number of hydrogen-bond donors (Lipinski definition) is 1. The Morgan fingerprint density at radius 3 is 1.79 bits per heavy atom. The molecule has 0 aliphatic rings. The summed E-state index contributed by atoms with van der Waals surface area (Å²) in [7, 11) is 0. The van der Waals surface area contributed by atoms with E-state index in [1.165, 1.54) is 0 Å². The third kappa shape index (κ3) is 9.83. The summed E-state index contributed by atoms with van der Waals surface area (Å²) in [5, 5.41) is 8.92. The standard InChI is InChI=1S/C33H36O6/c1-5-36-25(4)37-30-18-12-26(13-19-30)8-6-7-9-27-14-20-31(21-15-27)38-33(35)39-32(24(2)3)29-16-10-28(11-17-29)22-23-34/h6-25,32,34H,5H2,1-4H3. The maximum Gasteiger partial charge on any atom is 0.514 e. The summed E-state index contributed by atoms with van der Waals surface area (Å²) in [6.07, 6.45) is 8.94. The maximum atomic E-state index is 12.5. The Bertz CT molecular complexity index is 1240. The van der Waals surface area contributed by atoms with E-state index in [9.17, 15) is 4.79 Å². The van der Waals surface area contributed by atoms with E-state index < -0.39 is 12.3 Å². The van der Waals surface area contributed by atoms with E-state index in [4.69, 9.17) is 24.1 Å². The molecule has 0 bridgehead atoms. The third-order valence-corrected chi connectivity index (χ3v) is 5.71. The van der Waals surface area contributed by atoms with Crippen molar-refractivity contribution in [3.63, 3.8) is 0 Å². The largest absolute Gasteiger partial charge is 0.516 e. The van der Waals surface area contributed by atoms with Gasteiger partial charge in [-0.3, -0.25) is 0 Å². The SMILES string of the molecule is CCOC(C)Oc1ccc(C=CC=Cc2ccc(OC(=O)OC(c3ccc(C=CO)cc3)C(C)C)cc2)cc1. The van der Waals surface area contributed by atoms with Crippen molar-refractivity contribution in [3.05, 3.63) is 113 Å². The number of aliphatic hydroxyl groups is 1. The molecule has 0 aromatic heterocycles. The number of ether oxygens (including phenoxy) is 4. The number of benzene rings is 3. The predicted molar refractivity (Wildman–Crippen MR) is 155 cm³/mol. The molecule has 2 unspecified atom stereocenters. The van der Waals surface area contributed by atoms with Crippen molar-refractivity contribution >= 4 is 24.4 Å². The van der Waals surface area contributed by atoms with Gasteiger partial charge in [-0.2, -0.15) is 0 Å². The monoisotopic (exact) mass is 528 g/mol. The average Bonchev–Trinajstić information content (AvgIpc) is 2.92. The quantitative estimate of drug-likeness (QED) is 0.0834. The van der Waals surface area contributed by atoms with Crippen LogP contribution in [0, 0.1) is 5.92 Å². The lowest BCUT2D eigenvalue weighted by Crippen LogP contribution is -2.19. The van der Waals surface area contributed by atoms with Crippen LogP contribution in [-0.4, -0.2) is 24.2 Å². The van der Waals surface area contributed by atoms with Crippen molar-refractivity contribution in [1.29, 1.82) is 0 Å². The van der Waals surface area contributed by atoms with Gasteiger partial charge < -0.3 is 24.1 Å². The molecular weight excluding hydrogens is 492 g/mol. The highest BCUT2D eigenvalue weighted by Gasteiger charge is 2.22. The van der Waals surface area contributed by atoms with E-state index in [0.717, 1.165) is 34.3 Å². The summed E-state index contributed by atoms with van der Waals surface area (Å²) in [5.41, 5.74) is 3.72. The van der Waals surface area contributed by atoms with Crippen molar-refractivity contribution in [2.75, 3.05) is 6.61 Å². The smallest absolute Gasteiger partial charge is 0.514 e. The summed E-state index contributed by atoms with van der Waals surface area (Å²) < 4.78 is 22.1. The topological polar surface area (TPSA) is 74.2 Å². The molecule has 0 radical (unpaired) electrons. The lowest BCUT2D eigenvalue weighted by atomic mass is 9.98. The van der Waals surface area contributed by atoms with Gasteiger partial charge in [0, 0.05) is 6.61 Å². The summed E-state index contributed by atoms with van der Waals surface area (Å²) in [6, 6.07) is 22.4. The Kier molecular flexibility index (Phi) is 11.4. The zero-order valence-electron chi connectivity index (χ0n) is 22.8. The molecule has 1 N–H and O–H groups in total. The van der Waals surface area contributed by atoms with Gasteiger partial charge in [0.2, 0.25) is 0 Å². The Hall–Kier alpha value is -4.29. The van der Waals surface area contributed by atoms with Gasteiger partial charge in [0.05, 0.1) is 6.26 Å². The second-order valence-corrected chi connectivity index (χ2v) is 9.11. The van der Waals surface area contributed by atoms with Crippen LogP contribution in [0.15, 0.2) is 91.2 Å². The van der Waals surface area contributed by atoms with Crippen LogP contribution < -0.4 is 9.47 Å². The number of carbonyl (C=O) groups excluding carboxylic acids is 1. The highest BCUT2D eigenvalue weighted by atomic mass is 16.7. The van der Waals surface area contributed by atoms with E-state index in [1.54, 1.807) is 18.2 Å². The fourth-order valence-corrected chi connectivity index (χ4v) is 3.79. The van der Waals surface area contributed by atoms with Crippen LogP contribution in [-0.2, 0) is 9.47 Å². The van der Waals surface area contributed by atoms with E-state index in [2.05, 4.69) is 0 Å². The zero-order valence-corrected chi connectivity index (χ0v) is 22.8. The average molecular weight is 529 g/mol. The molecule has 0 heterocycles. The molecule has 0 fully saturated rings. The number of rotatable bonds is 12. The predicted octanol–water partition coefficient (Wildman–Crippen LogP) is 8.62. The Labute approximate surface area is 230 Å². The van der Waals surface area contributed by atoms with Gasteiger partial charge in [-0.05, 0) is 72.4 Å². The van der Waals surface area contributed by atoms with E-state index >= 15 is 0 Å².